The minimum absolute atomic E-state index is 0.0213. The SMILES string of the molecule is CC(C)(C)NC(=O)NC(=O)COC(=O)c1cc([N+](=O)[O-])ccc1N1CCCCC1. The summed E-state index contributed by atoms with van der Waals surface area (Å²) >= 11 is 0. The zero-order valence-corrected chi connectivity index (χ0v) is 16.8. The first-order valence-corrected chi connectivity index (χ1v) is 9.39. The third-order valence-electron chi connectivity index (χ3n) is 4.18. The highest BCUT2D eigenvalue weighted by molar-refractivity contribution is 5.99. The Bertz CT molecular complexity index is 796. The number of amides is 3. The number of rotatable bonds is 5. The molecule has 158 valence electrons. The summed E-state index contributed by atoms with van der Waals surface area (Å²) in [4.78, 5) is 48.6. The van der Waals surface area contributed by atoms with Crippen molar-refractivity contribution in [2.75, 3.05) is 24.6 Å². The van der Waals surface area contributed by atoms with Gasteiger partial charge in [-0.15, -0.1) is 0 Å². The van der Waals surface area contributed by atoms with E-state index in [4.69, 9.17) is 4.74 Å². The summed E-state index contributed by atoms with van der Waals surface area (Å²) in [6, 6.07) is 3.31. The van der Waals surface area contributed by atoms with Crippen LogP contribution in [0, 0.1) is 10.1 Å². The Morgan fingerprint density at radius 2 is 1.83 bits per heavy atom. The van der Waals surface area contributed by atoms with Crippen molar-refractivity contribution in [1.29, 1.82) is 0 Å². The first-order valence-electron chi connectivity index (χ1n) is 9.39. The zero-order valence-electron chi connectivity index (χ0n) is 16.8. The van der Waals surface area contributed by atoms with Crippen molar-refractivity contribution in [3.8, 4) is 0 Å². The summed E-state index contributed by atoms with van der Waals surface area (Å²) in [5, 5.41) is 15.7. The number of nitro groups is 1. The van der Waals surface area contributed by atoms with Gasteiger partial charge in [0.1, 0.15) is 0 Å². The van der Waals surface area contributed by atoms with E-state index in [9.17, 15) is 24.5 Å². The van der Waals surface area contributed by atoms with Crippen LogP contribution in [0.15, 0.2) is 18.2 Å². The Hall–Kier alpha value is -3.17. The third-order valence-corrected chi connectivity index (χ3v) is 4.18. The maximum absolute atomic E-state index is 12.5. The molecular formula is C19H26N4O6. The highest BCUT2D eigenvalue weighted by atomic mass is 16.6. The van der Waals surface area contributed by atoms with Crippen LogP contribution in [0.4, 0.5) is 16.2 Å². The van der Waals surface area contributed by atoms with Crippen molar-refractivity contribution in [3.05, 3.63) is 33.9 Å². The molecule has 10 heteroatoms. The Labute approximate surface area is 168 Å². The molecule has 1 aliphatic rings. The average molecular weight is 406 g/mol. The number of carbonyl (C=O) groups excluding carboxylic acids is 3. The maximum atomic E-state index is 12.5. The van der Waals surface area contributed by atoms with Crippen molar-refractivity contribution in [3.63, 3.8) is 0 Å². The monoisotopic (exact) mass is 406 g/mol. The van der Waals surface area contributed by atoms with Gasteiger partial charge in [0.25, 0.3) is 11.6 Å². The first-order chi connectivity index (χ1) is 13.6. The van der Waals surface area contributed by atoms with Crippen molar-refractivity contribution in [1.82, 2.24) is 10.6 Å². The van der Waals surface area contributed by atoms with E-state index >= 15 is 0 Å². The van der Waals surface area contributed by atoms with Crippen molar-refractivity contribution < 1.29 is 24.0 Å². The molecule has 1 aromatic carbocycles. The smallest absolute Gasteiger partial charge is 0.341 e. The highest BCUT2D eigenvalue weighted by Gasteiger charge is 2.24. The molecule has 1 saturated heterocycles. The van der Waals surface area contributed by atoms with Gasteiger partial charge in [-0.25, -0.2) is 9.59 Å². The van der Waals surface area contributed by atoms with E-state index in [0.29, 0.717) is 5.69 Å². The van der Waals surface area contributed by atoms with Gasteiger partial charge in [0, 0.05) is 30.8 Å². The summed E-state index contributed by atoms with van der Waals surface area (Å²) < 4.78 is 5.01. The average Bonchev–Trinajstić information content (AvgIpc) is 2.64. The number of benzene rings is 1. The number of nitrogens with zero attached hydrogens (tertiary/aromatic N) is 2. The van der Waals surface area contributed by atoms with Crippen LogP contribution in [0.5, 0.6) is 0 Å². The normalized spacial score (nSPS) is 14.1. The summed E-state index contributed by atoms with van der Waals surface area (Å²) in [5.74, 6) is -1.66. The molecule has 0 atom stereocenters. The van der Waals surface area contributed by atoms with Gasteiger partial charge in [-0.05, 0) is 46.1 Å². The summed E-state index contributed by atoms with van der Waals surface area (Å²) in [6.07, 6.45) is 2.99. The van der Waals surface area contributed by atoms with Crippen LogP contribution in [0.3, 0.4) is 0 Å². The highest BCUT2D eigenvalue weighted by Crippen LogP contribution is 2.28. The second-order valence-electron chi connectivity index (χ2n) is 7.83. The molecule has 0 aliphatic carbocycles. The minimum atomic E-state index is -0.861. The summed E-state index contributed by atoms with van der Waals surface area (Å²) in [6.45, 7) is 6.03. The lowest BCUT2D eigenvalue weighted by Crippen LogP contribution is -2.49. The second-order valence-corrected chi connectivity index (χ2v) is 7.83. The number of esters is 1. The van der Waals surface area contributed by atoms with Crippen LogP contribution in [0.25, 0.3) is 0 Å². The first kappa shape index (κ1) is 22.1. The van der Waals surface area contributed by atoms with Crippen molar-refractivity contribution in [2.45, 2.75) is 45.6 Å². The molecule has 1 aliphatic heterocycles. The number of ether oxygens (including phenoxy) is 1. The summed E-state index contributed by atoms with van der Waals surface area (Å²) in [5.41, 5.74) is -0.223. The van der Waals surface area contributed by atoms with Gasteiger partial charge in [-0.3, -0.25) is 20.2 Å². The van der Waals surface area contributed by atoms with E-state index in [1.54, 1.807) is 20.8 Å². The van der Waals surface area contributed by atoms with E-state index in [2.05, 4.69) is 10.6 Å². The quantitative estimate of drug-likeness (QED) is 0.436. The molecule has 2 rings (SSSR count). The molecule has 0 spiro atoms. The lowest BCUT2D eigenvalue weighted by molar-refractivity contribution is -0.384. The lowest BCUT2D eigenvalue weighted by atomic mass is 10.1. The van der Waals surface area contributed by atoms with E-state index in [1.165, 1.54) is 12.1 Å². The molecule has 1 heterocycles. The van der Waals surface area contributed by atoms with Crippen LogP contribution in [-0.2, 0) is 9.53 Å². The van der Waals surface area contributed by atoms with E-state index in [1.807, 2.05) is 4.90 Å². The molecule has 3 amide bonds. The van der Waals surface area contributed by atoms with Crippen molar-refractivity contribution in [2.24, 2.45) is 0 Å². The molecule has 2 N–H and O–H groups in total. The van der Waals surface area contributed by atoms with Gasteiger partial charge in [-0.1, -0.05) is 0 Å². The zero-order chi connectivity index (χ0) is 21.6. The Balaban J connectivity index is 2.08. The van der Waals surface area contributed by atoms with Gasteiger partial charge in [0.05, 0.1) is 16.2 Å². The topological polar surface area (TPSA) is 131 Å². The molecule has 0 bridgehead atoms. The number of urea groups is 1. The molecule has 1 fully saturated rings. The van der Waals surface area contributed by atoms with Gasteiger partial charge in [-0.2, -0.15) is 0 Å². The number of hydrogen-bond acceptors (Lipinski definition) is 7. The van der Waals surface area contributed by atoms with Gasteiger partial charge >= 0.3 is 12.0 Å². The predicted octanol–water partition coefficient (Wildman–Crippen LogP) is 2.37. The fourth-order valence-corrected chi connectivity index (χ4v) is 2.96. The van der Waals surface area contributed by atoms with Crippen LogP contribution < -0.4 is 15.5 Å². The number of nitro benzene ring substituents is 1. The van der Waals surface area contributed by atoms with Gasteiger partial charge in [0.2, 0.25) is 0 Å². The van der Waals surface area contributed by atoms with Gasteiger partial charge in [0.15, 0.2) is 6.61 Å². The molecule has 0 aromatic heterocycles. The number of nitrogens with one attached hydrogen (secondary N) is 2. The minimum Gasteiger partial charge on any atom is -0.452 e. The number of hydrogen-bond donors (Lipinski definition) is 2. The molecule has 1 aromatic rings. The second kappa shape index (κ2) is 9.35. The molecule has 10 nitrogen and oxygen atoms in total. The van der Waals surface area contributed by atoms with E-state index < -0.39 is 35.0 Å². The maximum Gasteiger partial charge on any atom is 0.341 e. The number of imide groups is 1. The molecule has 0 radical (unpaired) electrons. The third kappa shape index (κ3) is 6.74. The predicted molar refractivity (Wildman–Crippen MR) is 106 cm³/mol. The number of non-ortho nitro benzene ring substituents is 1. The summed E-state index contributed by atoms with van der Waals surface area (Å²) in [7, 11) is 0. The van der Waals surface area contributed by atoms with Crippen LogP contribution in [-0.4, -0.2) is 48.1 Å². The molecular weight excluding hydrogens is 380 g/mol. The van der Waals surface area contributed by atoms with Crippen molar-refractivity contribution >= 4 is 29.3 Å². The van der Waals surface area contributed by atoms with E-state index in [0.717, 1.165) is 38.4 Å². The molecule has 0 unspecified atom stereocenters. The van der Waals surface area contributed by atoms with E-state index in [-0.39, 0.29) is 11.3 Å². The molecule has 29 heavy (non-hydrogen) atoms. The number of anilines is 1. The number of carbonyl (C=O) groups is 3. The Kier molecular flexibility index (Phi) is 7.13. The lowest BCUT2D eigenvalue weighted by Gasteiger charge is -2.30. The van der Waals surface area contributed by atoms with Gasteiger partial charge < -0.3 is 15.0 Å². The molecule has 0 saturated carbocycles. The number of piperidine rings is 1. The largest absolute Gasteiger partial charge is 0.452 e. The van der Waals surface area contributed by atoms with Crippen LogP contribution in [0.2, 0.25) is 0 Å². The van der Waals surface area contributed by atoms with Crippen LogP contribution >= 0.6 is 0 Å². The fraction of sp³-hybridized carbons (Fsp3) is 0.526. The Morgan fingerprint density at radius 3 is 2.41 bits per heavy atom. The standard InChI is InChI=1S/C19H26N4O6/c1-19(2,3)21-18(26)20-16(24)12-29-17(25)14-11-13(23(27)28)7-8-15(14)22-9-5-4-6-10-22/h7-8,11H,4-6,9-10,12H2,1-3H3,(H2,20,21,24,26). The Morgan fingerprint density at radius 1 is 1.17 bits per heavy atom. The fourth-order valence-electron chi connectivity index (χ4n) is 2.96. The van der Waals surface area contributed by atoms with Crippen LogP contribution in [0.1, 0.15) is 50.4 Å².